The van der Waals surface area contributed by atoms with Crippen LogP contribution in [0.15, 0.2) is 42.5 Å². The Balaban J connectivity index is 1.32. The highest BCUT2D eigenvalue weighted by Crippen LogP contribution is 2.39. The van der Waals surface area contributed by atoms with Crippen LogP contribution in [0.5, 0.6) is 11.5 Å². The van der Waals surface area contributed by atoms with Crippen molar-refractivity contribution in [3.8, 4) is 11.5 Å². The first-order chi connectivity index (χ1) is 13.1. The van der Waals surface area contributed by atoms with Gasteiger partial charge in [-0.15, -0.1) is 0 Å². The first-order valence-corrected chi connectivity index (χ1v) is 9.84. The van der Waals surface area contributed by atoms with E-state index >= 15 is 0 Å². The van der Waals surface area contributed by atoms with Crippen LogP contribution in [0, 0.1) is 11.8 Å². The summed E-state index contributed by atoms with van der Waals surface area (Å²) < 4.78 is 5.16. The summed E-state index contributed by atoms with van der Waals surface area (Å²) in [6.07, 6.45) is 4.01. The molecule has 1 aliphatic heterocycles. The highest BCUT2D eigenvalue weighted by molar-refractivity contribution is 6.02. The molecule has 1 aliphatic carbocycles. The second kappa shape index (κ2) is 7.73. The zero-order chi connectivity index (χ0) is 18.8. The van der Waals surface area contributed by atoms with Gasteiger partial charge in [-0.25, -0.2) is 0 Å². The number of carbonyl (C=O) groups is 1. The quantitative estimate of drug-likeness (QED) is 0.868. The number of likely N-dealkylation sites (tertiary alicyclic amines) is 1. The third-order valence-corrected chi connectivity index (χ3v) is 6.08. The maximum absolute atomic E-state index is 12.8. The number of benzene rings is 2. The van der Waals surface area contributed by atoms with Gasteiger partial charge in [-0.3, -0.25) is 9.69 Å². The molecule has 0 aromatic heterocycles. The van der Waals surface area contributed by atoms with Crippen molar-refractivity contribution in [2.24, 2.45) is 11.8 Å². The van der Waals surface area contributed by atoms with E-state index in [9.17, 15) is 9.90 Å². The van der Waals surface area contributed by atoms with Crippen LogP contribution in [0.4, 0.5) is 0 Å². The van der Waals surface area contributed by atoms with Crippen molar-refractivity contribution < 1.29 is 14.6 Å². The number of piperidine rings is 1. The van der Waals surface area contributed by atoms with Crippen molar-refractivity contribution in [1.82, 2.24) is 4.90 Å². The van der Waals surface area contributed by atoms with Gasteiger partial charge in [0.25, 0.3) is 0 Å². The Bertz CT molecular complexity index is 810. The molecule has 1 N–H and O–H groups in total. The molecule has 142 valence electrons. The van der Waals surface area contributed by atoms with E-state index in [1.165, 1.54) is 12.7 Å². The number of carbonyl (C=O) groups excluding carboxylic acids is 1. The number of phenols is 1. The first-order valence-electron chi connectivity index (χ1n) is 9.84. The molecule has 0 saturated carbocycles. The normalized spacial score (nSPS) is 20.6. The van der Waals surface area contributed by atoms with Crippen molar-refractivity contribution in [2.45, 2.75) is 32.2 Å². The van der Waals surface area contributed by atoms with Gasteiger partial charge >= 0.3 is 0 Å². The Morgan fingerprint density at radius 3 is 2.59 bits per heavy atom. The van der Waals surface area contributed by atoms with Gasteiger partial charge in [-0.1, -0.05) is 30.3 Å². The zero-order valence-corrected chi connectivity index (χ0v) is 15.9. The topological polar surface area (TPSA) is 49.8 Å². The lowest BCUT2D eigenvalue weighted by atomic mass is 9.85. The van der Waals surface area contributed by atoms with Crippen LogP contribution in [-0.2, 0) is 13.0 Å². The van der Waals surface area contributed by atoms with E-state index in [1.54, 1.807) is 12.1 Å². The van der Waals surface area contributed by atoms with Crippen molar-refractivity contribution in [3.05, 3.63) is 59.2 Å². The summed E-state index contributed by atoms with van der Waals surface area (Å²) in [5, 5.41) is 9.98. The first kappa shape index (κ1) is 18.1. The van der Waals surface area contributed by atoms with Crippen LogP contribution < -0.4 is 4.74 Å². The van der Waals surface area contributed by atoms with Crippen LogP contribution in [0.3, 0.4) is 0 Å². The van der Waals surface area contributed by atoms with E-state index in [1.807, 2.05) is 0 Å². The molecule has 0 amide bonds. The Kier molecular flexibility index (Phi) is 5.17. The molecular weight excluding hydrogens is 338 g/mol. The number of fused-ring (bicyclic) bond motifs is 1. The predicted molar refractivity (Wildman–Crippen MR) is 105 cm³/mol. The molecule has 0 unspecified atom stereocenters. The van der Waals surface area contributed by atoms with Gasteiger partial charge in [-0.05, 0) is 68.0 Å². The van der Waals surface area contributed by atoms with Gasteiger partial charge in [-0.2, -0.15) is 0 Å². The summed E-state index contributed by atoms with van der Waals surface area (Å²) in [6, 6.07) is 14.0. The van der Waals surface area contributed by atoms with Crippen molar-refractivity contribution in [1.29, 1.82) is 0 Å². The fourth-order valence-corrected chi connectivity index (χ4v) is 4.57. The monoisotopic (exact) mass is 365 g/mol. The summed E-state index contributed by atoms with van der Waals surface area (Å²) in [7, 11) is 1.52. The fraction of sp³-hybridized carbons (Fsp3) is 0.435. The third kappa shape index (κ3) is 3.86. The van der Waals surface area contributed by atoms with Crippen LogP contribution in [0.1, 0.15) is 40.7 Å². The summed E-state index contributed by atoms with van der Waals surface area (Å²) in [5.74, 6) is 1.39. The van der Waals surface area contributed by atoms with E-state index in [4.69, 9.17) is 4.74 Å². The number of nitrogens with zero attached hydrogens (tertiary/aromatic N) is 1. The van der Waals surface area contributed by atoms with Gasteiger partial charge in [0.05, 0.1) is 7.11 Å². The summed E-state index contributed by atoms with van der Waals surface area (Å²) in [5.41, 5.74) is 3.06. The van der Waals surface area contributed by atoms with Crippen molar-refractivity contribution in [2.75, 3.05) is 20.2 Å². The second-order valence-electron chi connectivity index (χ2n) is 7.89. The van der Waals surface area contributed by atoms with Gasteiger partial charge < -0.3 is 9.84 Å². The number of rotatable bonds is 5. The Hall–Kier alpha value is -2.33. The number of ketones is 1. The smallest absolute Gasteiger partial charge is 0.166 e. The molecule has 27 heavy (non-hydrogen) atoms. The summed E-state index contributed by atoms with van der Waals surface area (Å²) in [6.45, 7) is 3.21. The third-order valence-electron chi connectivity index (χ3n) is 6.08. The predicted octanol–water partition coefficient (Wildman–Crippen LogP) is 4.06. The van der Waals surface area contributed by atoms with Crippen LogP contribution in [0.25, 0.3) is 0 Å². The van der Waals surface area contributed by atoms with Gasteiger partial charge in [0.1, 0.15) is 0 Å². The maximum atomic E-state index is 12.8. The Morgan fingerprint density at radius 2 is 1.89 bits per heavy atom. The molecule has 0 radical (unpaired) electrons. The lowest BCUT2D eigenvalue weighted by Crippen LogP contribution is -2.34. The number of Topliss-reactive ketones (excluding diaryl/α,β-unsaturated/α-hetero) is 1. The lowest BCUT2D eigenvalue weighted by Gasteiger charge is -2.32. The molecule has 0 bridgehead atoms. The van der Waals surface area contributed by atoms with Crippen LogP contribution >= 0.6 is 0 Å². The summed E-state index contributed by atoms with van der Waals surface area (Å²) in [4.78, 5) is 15.3. The van der Waals surface area contributed by atoms with E-state index in [0.717, 1.165) is 56.4 Å². The average molecular weight is 365 g/mol. The molecule has 4 nitrogen and oxygen atoms in total. The summed E-state index contributed by atoms with van der Waals surface area (Å²) >= 11 is 0. The molecule has 1 heterocycles. The number of ether oxygens (including phenoxy) is 1. The molecule has 0 spiro atoms. The average Bonchev–Trinajstić information content (AvgIpc) is 2.98. The second-order valence-corrected chi connectivity index (χ2v) is 7.89. The maximum Gasteiger partial charge on any atom is 0.166 e. The standard InChI is InChI=1S/C23H27NO3/c1-27-22-14-20-18(13-21(22)25)12-19(23(20)26)11-16-7-9-24(10-8-16)15-17-5-3-2-4-6-17/h2-6,13-14,16,19,25H,7-12,15H2,1H3/t19-/m1/s1. The number of hydrogen-bond acceptors (Lipinski definition) is 4. The molecule has 2 aromatic rings. The number of phenolic OH excluding ortho intramolecular Hbond substituents is 1. The van der Waals surface area contributed by atoms with E-state index in [0.29, 0.717) is 11.7 Å². The molecule has 1 fully saturated rings. The Labute approximate surface area is 160 Å². The molecule has 4 heteroatoms. The molecule has 2 aliphatic rings. The Morgan fingerprint density at radius 1 is 1.15 bits per heavy atom. The van der Waals surface area contributed by atoms with Crippen LogP contribution in [0.2, 0.25) is 0 Å². The number of methoxy groups -OCH3 is 1. The minimum absolute atomic E-state index is 0.0529. The van der Waals surface area contributed by atoms with Crippen LogP contribution in [-0.4, -0.2) is 36.0 Å². The van der Waals surface area contributed by atoms with E-state index in [-0.39, 0.29) is 17.5 Å². The van der Waals surface area contributed by atoms with E-state index in [2.05, 4.69) is 35.2 Å². The SMILES string of the molecule is COc1cc2c(cc1O)C[C@@H](CC1CCN(Cc3ccccc3)CC1)C2=O. The minimum atomic E-state index is 0.0529. The highest BCUT2D eigenvalue weighted by Gasteiger charge is 2.34. The minimum Gasteiger partial charge on any atom is -0.504 e. The number of hydrogen-bond donors (Lipinski definition) is 1. The van der Waals surface area contributed by atoms with Crippen molar-refractivity contribution >= 4 is 5.78 Å². The molecule has 1 saturated heterocycles. The largest absolute Gasteiger partial charge is 0.504 e. The molecule has 4 rings (SSSR count). The fourth-order valence-electron chi connectivity index (χ4n) is 4.57. The number of aromatic hydroxyl groups is 1. The van der Waals surface area contributed by atoms with E-state index < -0.39 is 0 Å². The molecule has 2 aromatic carbocycles. The molecule has 1 atom stereocenters. The zero-order valence-electron chi connectivity index (χ0n) is 15.9. The molecular formula is C23H27NO3. The van der Waals surface area contributed by atoms with Gasteiger partial charge in [0.15, 0.2) is 17.3 Å². The van der Waals surface area contributed by atoms with Crippen molar-refractivity contribution in [3.63, 3.8) is 0 Å². The highest BCUT2D eigenvalue weighted by atomic mass is 16.5. The van der Waals surface area contributed by atoms with Gasteiger partial charge in [0, 0.05) is 18.0 Å². The van der Waals surface area contributed by atoms with Gasteiger partial charge in [0.2, 0.25) is 0 Å². The lowest BCUT2D eigenvalue weighted by molar-refractivity contribution is 0.0895.